The van der Waals surface area contributed by atoms with Crippen molar-refractivity contribution >= 4 is 5.91 Å². The molecule has 2 rings (SSSR count). The lowest BCUT2D eigenvalue weighted by Crippen LogP contribution is -2.55. The molecule has 0 saturated carbocycles. The van der Waals surface area contributed by atoms with Gasteiger partial charge in [0, 0.05) is 26.2 Å². The fourth-order valence-corrected chi connectivity index (χ4v) is 2.47. The Morgan fingerprint density at radius 2 is 2.10 bits per heavy atom. The molecule has 1 saturated heterocycles. The number of amides is 1. The summed E-state index contributed by atoms with van der Waals surface area (Å²) in [4.78, 5) is 15.5. The van der Waals surface area contributed by atoms with Gasteiger partial charge >= 0.3 is 0 Å². The van der Waals surface area contributed by atoms with Crippen LogP contribution < -0.4 is 0 Å². The molecule has 0 spiro atoms. The van der Waals surface area contributed by atoms with Crippen LogP contribution >= 0.6 is 0 Å². The van der Waals surface area contributed by atoms with E-state index in [0.29, 0.717) is 19.6 Å². The first-order valence-corrected chi connectivity index (χ1v) is 6.64. The van der Waals surface area contributed by atoms with Crippen LogP contribution in [0.15, 0.2) is 36.9 Å². The summed E-state index contributed by atoms with van der Waals surface area (Å²) in [6.07, 6.45) is 1.28. The zero-order chi connectivity index (χ0) is 14.5. The quantitative estimate of drug-likeness (QED) is 0.836. The van der Waals surface area contributed by atoms with E-state index in [1.807, 2.05) is 0 Å². The van der Waals surface area contributed by atoms with Gasteiger partial charge in [0.2, 0.25) is 5.91 Å². The molecule has 1 atom stereocenters. The third-order valence-corrected chi connectivity index (χ3v) is 3.55. The Labute approximate surface area is 118 Å². The van der Waals surface area contributed by atoms with Crippen LogP contribution in [0.5, 0.6) is 0 Å². The van der Waals surface area contributed by atoms with Crippen LogP contribution in [0.3, 0.4) is 0 Å². The summed E-state index contributed by atoms with van der Waals surface area (Å²) >= 11 is 0. The number of carbonyl (C=O) groups excluding carboxylic acids is 1. The molecule has 1 N–H and O–H groups in total. The molecule has 1 heterocycles. The second-order valence-electron chi connectivity index (χ2n) is 4.93. The smallest absolute Gasteiger partial charge is 0.246 e. The molecule has 108 valence electrons. The maximum absolute atomic E-state index is 12.9. The summed E-state index contributed by atoms with van der Waals surface area (Å²) in [5.74, 6) is -0.395. The second kappa shape index (κ2) is 6.63. The SMILES string of the molecule is C=CC(=O)N1CCN(Cc2ccc(F)cc2)C[C@H]1CO. The summed E-state index contributed by atoms with van der Waals surface area (Å²) in [6, 6.07) is 6.18. The predicted molar refractivity (Wildman–Crippen MR) is 74.5 cm³/mol. The van der Waals surface area contributed by atoms with Gasteiger partial charge in [-0.1, -0.05) is 18.7 Å². The average molecular weight is 278 g/mol. The van der Waals surface area contributed by atoms with E-state index in [-0.39, 0.29) is 24.4 Å². The van der Waals surface area contributed by atoms with Crippen LogP contribution in [0, 0.1) is 5.82 Å². The molecule has 0 bridgehead atoms. The van der Waals surface area contributed by atoms with Crippen molar-refractivity contribution < 1.29 is 14.3 Å². The van der Waals surface area contributed by atoms with Gasteiger partial charge in [0.05, 0.1) is 12.6 Å². The summed E-state index contributed by atoms with van der Waals surface area (Å²) in [5.41, 5.74) is 1.02. The van der Waals surface area contributed by atoms with Crippen molar-refractivity contribution in [1.82, 2.24) is 9.80 Å². The van der Waals surface area contributed by atoms with Gasteiger partial charge in [-0.3, -0.25) is 9.69 Å². The van der Waals surface area contributed by atoms with Crippen molar-refractivity contribution in [3.05, 3.63) is 48.3 Å². The van der Waals surface area contributed by atoms with Gasteiger partial charge in [-0.15, -0.1) is 0 Å². The molecule has 0 aromatic heterocycles. The van der Waals surface area contributed by atoms with Gasteiger partial charge in [-0.05, 0) is 23.8 Å². The number of benzene rings is 1. The van der Waals surface area contributed by atoms with Gasteiger partial charge in [0.25, 0.3) is 0 Å². The molecule has 0 aliphatic carbocycles. The van der Waals surface area contributed by atoms with Crippen molar-refractivity contribution in [3.63, 3.8) is 0 Å². The molecule has 1 aromatic carbocycles. The molecular formula is C15H19FN2O2. The highest BCUT2D eigenvalue weighted by Crippen LogP contribution is 2.14. The molecule has 1 amide bonds. The van der Waals surface area contributed by atoms with Crippen molar-refractivity contribution in [2.75, 3.05) is 26.2 Å². The third kappa shape index (κ3) is 3.43. The zero-order valence-electron chi connectivity index (χ0n) is 11.3. The molecule has 20 heavy (non-hydrogen) atoms. The van der Waals surface area contributed by atoms with Gasteiger partial charge in [0.1, 0.15) is 5.82 Å². The Morgan fingerprint density at radius 1 is 1.40 bits per heavy atom. The molecule has 1 aliphatic rings. The van der Waals surface area contributed by atoms with Crippen LogP contribution in [0.25, 0.3) is 0 Å². The standard InChI is InChI=1S/C15H19FN2O2/c1-2-15(20)18-8-7-17(10-14(18)11-19)9-12-3-5-13(16)6-4-12/h2-6,14,19H,1,7-11H2/t14-/m0/s1. The van der Waals surface area contributed by atoms with E-state index >= 15 is 0 Å². The van der Waals surface area contributed by atoms with Crippen molar-refractivity contribution in [3.8, 4) is 0 Å². The highest BCUT2D eigenvalue weighted by molar-refractivity contribution is 5.87. The van der Waals surface area contributed by atoms with Gasteiger partial charge < -0.3 is 10.0 Å². The van der Waals surface area contributed by atoms with Crippen LogP contribution in [0.1, 0.15) is 5.56 Å². The van der Waals surface area contributed by atoms with E-state index in [2.05, 4.69) is 11.5 Å². The molecule has 1 aliphatic heterocycles. The first-order chi connectivity index (χ1) is 9.63. The number of hydrogen-bond donors (Lipinski definition) is 1. The van der Waals surface area contributed by atoms with Gasteiger partial charge in [-0.2, -0.15) is 0 Å². The Morgan fingerprint density at radius 3 is 2.70 bits per heavy atom. The Balaban J connectivity index is 1.97. The maximum Gasteiger partial charge on any atom is 0.246 e. The number of nitrogens with zero attached hydrogens (tertiary/aromatic N) is 2. The lowest BCUT2D eigenvalue weighted by molar-refractivity contribution is -0.132. The number of aliphatic hydroxyl groups is 1. The van der Waals surface area contributed by atoms with Crippen LogP contribution in [0.2, 0.25) is 0 Å². The number of hydrogen-bond acceptors (Lipinski definition) is 3. The van der Waals surface area contributed by atoms with Crippen LogP contribution in [0.4, 0.5) is 4.39 Å². The molecule has 1 fully saturated rings. The molecular weight excluding hydrogens is 259 g/mol. The second-order valence-corrected chi connectivity index (χ2v) is 4.93. The maximum atomic E-state index is 12.9. The van der Waals surface area contributed by atoms with Crippen LogP contribution in [-0.4, -0.2) is 53.1 Å². The van der Waals surface area contributed by atoms with Crippen molar-refractivity contribution in [2.24, 2.45) is 0 Å². The third-order valence-electron chi connectivity index (χ3n) is 3.55. The number of piperazine rings is 1. The molecule has 4 nitrogen and oxygen atoms in total. The van der Waals surface area contributed by atoms with Crippen LogP contribution in [-0.2, 0) is 11.3 Å². The van der Waals surface area contributed by atoms with Gasteiger partial charge in [-0.25, -0.2) is 4.39 Å². The lowest BCUT2D eigenvalue weighted by Gasteiger charge is -2.40. The first-order valence-electron chi connectivity index (χ1n) is 6.64. The van der Waals surface area contributed by atoms with E-state index in [0.717, 1.165) is 12.1 Å². The predicted octanol–water partition coefficient (Wildman–Crippen LogP) is 1.02. The number of halogens is 1. The average Bonchev–Trinajstić information content (AvgIpc) is 2.48. The largest absolute Gasteiger partial charge is 0.394 e. The van der Waals surface area contributed by atoms with E-state index in [9.17, 15) is 14.3 Å². The van der Waals surface area contributed by atoms with E-state index in [1.165, 1.54) is 18.2 Å². The molecule has 0 unspecified atom stereocenters. The van der Waals surface area contributed by atoms with Crippen molar-refractivity contribution in [2.45, 2.75) is 12.6 Å². The minimum Gasteiger partial charge on any atom is -0.394 e. The fourth-order valence-electron chi connectivity index (χ4n) is 2.47. The minimum absolute atomic E-state index is 0.0699. The zero-order valence-corrected chi connectivity index (χ0v) is 11.3. The van der Waals surface area contributed by atoms with E-state index in [4.69, 9.17) is 0 Å². The number of rotatable bonds is 4. The normalized spacial score (nSPS) is 19.9. The monoisotopic (exact) mass is 278 g/mol. The molecule has 5 heteroatoms. The number of carbonyl (C=O) groups is 1. The Kier molecular flexibility index (Phi) is 4.87. The summed E-state index contributed by atoms with van der Waals surface area (Å²) in [6.45, 7) is 6.00. The fraction of sp³-hybridized carbons (Fsp3) is 0.400. The van der Waals surface area contributed by atoms with Crippen molar-refractivity contribution in [1.29, 1.82) is 0 Å². The summed E-state index contributed by atoms with van der Waals surface area (Å²) < 4.78 is 12.9. The Hall–Kier alpha value is -1.72. The lowest BCUT2D eigenvalue weighted by atomic mass is 10.1. The summed E-state index contributed by atoms with van der Waals surface area (Å²) in [5, 5.41) is 9.42. The topological polar surface area (TPSA) is 43.8 Å². The molecule has 1 aromatic rings. The Bertz CT molecular complexity index is 475. The van der Waals surface area contributed by atoms with Gasteiger partial charge in [0.15, 0.2) is 0 Å². The highest BCUT2D eigenvalue weighted by atomic mass is 19.1. The molecule has 0 radical (unpaired) electrons. The summed E-state index contributed by atoms with van der Waals surface area (Å²) in [7, 11) is 0. The minimum atomic E-state index is -0.247. The van der Waals surface area contributed by atoms with E-state index < -0.39 is 0 Å². The van der Waals surface area contributed by atoms with E-state index in [1.54, 1.807) is 17.0 Å². The number of aliphatic hydroxyl groups excluding tert-OH is 1. The highest BCUT2D eigenvalue weighted by Gasteiger charge is 2.28. The first kappa shape index (κ1) is 14.7.